The number of amides is 1. The van der Waals surface area contributed by atoms with Crippen LogP contribution >= 0.6 is 0 Å². The largest absolute Gasteiger partial charge is 0.476 e. The topological polar surface area (TPSA) is 106 Å². The van der Waals surface area contributed by atoms with Crippen molar-refractivity contribution in [2.45, 2.75) is 52.1 Å². The fourth-order valence-corrected chi connectivity index (χ4v) is 4.24. The van der Waals surface area contributed by atoms with E-state index in [1.165, 1.54) is 45.4 Å². The van der Waals surface area contributed by atoms with Crippen molar-refractivity contribution in [3.63, 3.8) is 0 Å². The molecule has 1 N–H and O–H groups in total. The molecule has 0 radical (unpaired) electrons. The molecule has 0 bridgehead atoms. The second-order valence-corrected chi connectivity index (χ2v) is 9.45. The number of carbonyl (C=O) groups is 1. The summed E-state index contributed by atoms with van der Waals surface area (Å²) in [7, 11) is 0. The van der Waals surface area contributed by atoms with E-state index in [-0.39, 0.29) is 29.4 Å². The van der Waals surface area contributed by atoms with Gasteiger partial charge in [-0.3, -0.25) is 9.69 Å². The number of aryl methyl sites for hydroxylation is 1. The molecular weight excluding hydrogens is 508 g/mol. The maximum atomic E-state index is 15.1. The van der Waals surface area contributed by atoms with Gasteiger partial charge in [0.05, 0.1) is 17.9 Å². The first-order valence-corrected chi connectivity index (χ1v) is 11.5. The van der Waals surface area contributed by atoms with E-state index < -0.39 is 40.9 Å². The van der Waals surface area contributed by atoms with Crippen LogP contribution in [0.25, 0.3) is 16.8 Å². The number of rotatable bonds is 4. The molecule has 0 aliphatic carbocycles. The molecule has 1 aliphatic heterocycles. The Morgan fingerprint density at radius 2 is 1.84 bits per heavy atom. The quantitative estimate of drug-likeness (QED) is 0.395. The summed E-state index contributed by atoms with van der Waals surface area (Å²) in [5.41, 5.74) is -0.767. The first-order valence-electron chi connectivity index (χ1n) is 11.5. The van der Waals surface area contributed by atoms with E-state index in [2.05, 4.69) is 19.9 Å². The lowest BCUT2D eigenvalue weighted by atomic mass is 10.1. The number of nitrogens with zero attached hydrogens (tertiary/aromatic N) is 6. The summed E-state index contributed by atoms with van der Waals surface area (Å²) >= 11 is 0. The zero-order valence-corrected chi connectivity index (χ0v) is 20.7. The Bertz CT molecular complexity index is 1560. The van der Waals surface area contributed by atoms with Crippen molar-refractivity contribution in [3.8, 4) is 16.9 Å². The van der Waals surface area contributed by atoms with Gasteiger partial charge in [-0.2, -0.15) is 13.2 Å². The number of anilines is 1. The summed E-state index contributed by atoms with van der Waals surface area (Å²) in [6.45, 7) is 5.86. The zero-order chi connectivity index (χ0) is 27.6. The Labute approximate surface area is 213 Å². The second kappa shape index (κ2) is 8.72. The summed E-state index contributed by atoms with van der Waals surface area (Å²) in [5, 5.41) is 10.1. The summed E-state index contributed by atoms with van der Waals surface area (Å²) in [6, 6.07) is 1.99. The maximum Gasteiger partial charge on any atom is 0.420 e. The lowest BCUT2D eigenvalue weighted by molar-refractivity contribution is -0.141. The Balaban J connectivity index is 1.60. The highest BCUT2D eigenvalue weighted by molar-refractivity contribution is 5.99. The van der Waals surface area contributed by atoms with Gasteiger partial charge >= 0.3 is 6.18 Å². The maximum absolute atomic E-state index is 15.1. The minimum atomic E-state index is -4.71. The summed E-state index contributed by atoms with van der Waals surface area (Å²) in [4.78, 5) is 30.8. The van der Waals surface area contributed by atoms with Gasteiger partial charge in [0.2, 0.25) is 0 Å². The van der Waals surface area contributed by atoms with Gasteiger partial charge in [0.1, 0.15) is 22.6 Å². The van der Waals surface area contributed by atoms with E-state index in [1.807, 2.05) is 0 Å². The van der Waals surface area contributed by atoms with Crippen molar-refractivity contribution in [1.29, 1.82) is 0 Å². The Hall–Kier alpha value is -4.13. The Kier molecular flexibility index (Phi) is 5.86. The van der Waals surface area contributed by atoms with E-state index in [4.69, 9.17) is 4.74 Å². The highest BCUT2D eigenvalue weighted by Gasteiger charge is 2.42. The van der Waals surface area contributed by atoms with Crippen LogP contribution < -0.4 is 9.64 Å². The van der Waals surface area contributed by atoms with Crippen LogP contribution in [-0.4, -0.2) is 41.5 Å². The Morgan fingerprint density at radius 3 is 2.47 bits per heavy atom. The Morgan fingerprint density at radius 1 is 1.16 bits per heavy atom. The van der Waals surface area contributed by atoms with Crippen LogP contribution in [0, 0.1) is 12.7 Å². The molecule has 0 saturated carbocycles. The van der Waals surface area contributed by atoms with Gasteiger partial charge in [0.15, 0.2) is 23.5 Å². The van der Waals surface area contributed by atoms with Crippen LogP contribution in [0.4, 0.5) is 23.4 Å². The minimum absolute atomic E-state index is 0.123. The van der Waals surface area contributed by atoms with E-state index >= 15 is 4.39 Å². The van der Waals surface area contributed by atoms with Gasteiger partial charge in [0, 0.05) is 42.0 Å². The number of carbonyl (C=O) groups excluding carboxylic acids is 1. The highest BCUT2D eigenvalue weighted by atomic mass is 19.4. The third-order valence-corrected chi connectivity index (χ3v) is 6.18. The van der Waals surface area contributed by atoms with Gasteiger partial charge in [-0.05, 0) is 33.8 Å². The molecule has 0 spiro atoms. The molecule has 1 atom stereocenters. The number of ether oxygens (including phenoxy) is 1. The predicted molar refractivity (Wildman–Crippen MR) is 127 cm³/mol. The van der Waals surface area contributed by atoms with Gasteiger partial charge in [-0.25, -0.2) is 24.3 Å². The first kappa shape index (κ1) is 25.5. The predicted octanol–water partition coefficient (Wildman–Crippen LogP) is 4.19. The minimum Gasteiger partial charge on any atom is -0.476 e. The average Bonchev–Trinajstić information content (AvgIpc) is 3.13. The van der Waals surface area contributed by atoms with Crippen LogP contribution in [0.15, 0.2) is 36.9 Å². The van der Waals surface area contributed by atoms with Crippen molar-refractivity contribution >= 4 is 17.4 Å². The lowest BCUT2D eigenvalue weighted by Crippen LogP contribution is -2.45. The van der Waals surface area contributed by atoms with Crippen molar-refractivity contribution < 1.29 is 32.2 Å². The van der Waals surface area contributed by atoms with E-state index in [9.17, 15) is 23.1 Å². The molecule has 9 nitrogen and oxygen atoms in total. The summed E-state index contributed by atoms with van der Waals surface area (Å²) in [5.74, 6) is -1.83. The molecule has 0 fully saturated rings. The van der Waals surface area contributed by atoms with Crippen molar-refractivity contribution in [1.82, 2.24) is 24.3 Å². The number of aromatic nitrogens is 5. The molecular formula is C25H22F4N6O3. The van der Waals surface area contributed by atoms with E-state index in [0.29, 0.717) is 17.0 Å². The molecule has 4 aromatic rings. The van der Waals surface area contributed by atoms with Crippen molar-refractivity contribution in [2.24, 2.45) is 0 Å². The molecule has 0 saturated heterocycles. The molecule has 38 heavy (non-hydrogen) atoms. The second-order valence-electron chi connectivity index (χ2n) is 9.45. The molecule has 4 aromatic heterocycles. The van der Waals surface area contributed by atoms with Gasteiger partial charge in [0.25, 0.3) is 5.91 Å². The fourth-order valence-electron chi connectivity index (χ4n) is 4.24. The number of alkyl halides is 3. The van der Waals surface area contributed by atoms with E-state index in [1.54, 1.807) is 11.3 Å². The lowest BCUT2D eigenvalue weighted by Gasteiger charge is -2.33. The van der Waals surface area contributed by atoms with Gasteiger partial charge in [-0.15, -0.1) is 0 Å². The highest BCUT2D eigenvalue weighted by Crippen LogP contribution is 2.43. The van der Waals surface area contributed by atoms with Crippen LogP contribution in [0.3, 0.4) is 0 Å². The molecule has 13 heteroatoms. The van der Waals surface area contributed by atoms with Gasteiger partial charge < -0.3 is 14.2 Å². The SMILES string of the molecule is Cc1nc2cc(F)c(-c3cnc(C(C)(C)O)nc3)cn2c1CN1C(=O)[C@@H](C)Oc2c(C(F)(F)F)ccnc21. The zero-order valence-electron chi connectivity index (χ0n) is 20.7. The molecule has 0 aromatic carbocycles. The standard InChI is InChI=1S/C25H22F4N6O3/c1-12-18(11-35-21-20(38-13(2)22(35)36)16(5-6-30-21)25(27,28)29)34-10-15(17(26)7-19(34)33-12)14-8-31-23(32-9-14)24(3,4)37/h5-10,13,37H,11H2,1-4H3/t13-/m1/s1. The van der Waals surface area contributed by atoms with Crippen LogP contribution in [0.5, 0.6) is 5.75 Å². The summed E-state index contributed by atoms with van der Waals surface area (Å²) in [6.07, 6.45) is -0.732. The first-order chi connectivity index (χ1) is 17.8. The number of imidazole rings is 1. The third kappa shape index (κ3) is 4.32. The summed E-state index contributed by atoms with van der Waals surface area (Å²) < 4.78 is 62.8. The molecule has 1 aliphatic rings. The number of pyridine rings is 2. The monoisotopic (exact) mass is 530 g/mol. The average molecular weight is 530 g/mol. The third-order valence-electron chi connectivity index (χ3n) is 6.18. The number of hydrogen-bond acceptors (Lipinski definition) is 7. The fraction of sp³-hybridized carbons (Fsp3) is 0.320. The van der Waals surface area contributed by atoms with E-state index in [0.717, 1.165) is 17.2 Å². The molecule has 1 amide bonds. The number of hydrogen-bond donors (Lipinski definition) is 1. The molecule has 5 rings (SSSR count). The number of fused-ring (bicyclic) bond motifs is 2. The molecule has 198 valence electrons. The van der Waals surface area contributed by atoms with Crippen molar-refractivity contribution in [2.75, 3.05) is 4.90 Å². The van der Waals surface area contributed by atoms with Gasteiger partial charge in [-0.1, -0.05) is 0 Å². The number of halogens is 4. The molecule has 0 unspecified atom stereocenters. The smallest absolute Gasteiger partial charge is 0.420 e. The molecule has 5 heterocycles. The number of aliphatic hydroxyl groups is 1. The van der Waals surface area contributed by atoms with Crippen LogP contribution in [0.1, 0.15) is 43.5 Å². The normalized spacial score (nSPS) is 16.1. The van der Waals surface area contributed by atoms with Crippen molar-refractivity contribution in [3.05, 3.63) is 65.5 Å². The van der Waals surface area contributed by atoms with Crippen LogP contribution in [-0.2, 0) is 23.1 Å². The van der Waals surface area contributed by atoms with Crippen LogP contribution in [0.2, 0.25) is 0 Å².